The van der Waals surface area contributed by atoms with E-state index in [1.807, 2.05) is 18.2 Å². The van der Waals surface area contributed by atoms with Crippen LogP contribution in [0.1, 0.15) is 44.1 Å². The molecule has 31 heavy (non-hydrogen) atoms. The number of aliphatic hydroxyl groups is 1. The van der Waals surface area contributed by atoms with Gasteiger partial charge in [0.2, 0.25) is 10.0 Å². The summed E-state index contributed by atoms with van der Waals surface area (Å²) in [6.45, 7) is 7.13. The molecule has 8 nitrogen and oxygen atoms in total. The largest absolute Gasteiger partial charge is 0.492 e. The summed E-state index contributed by atoms with van der Waals surface area (Å²) in [6, 6.07) is 12.6. The van der Waals surface area contributed by atoms with E-state index in [-0.39, 0.29) is 5.75 Å². The van der Waals surface area contributed by atoms with E-state index >= 15 is 0 Å². The quantitative estimate of drug-likeness (QED) is 0.336. The van der Waals surface area contributed by atoms with Crippen molar-refractivity contribution in [2.75, 3.05) is 30.2 Å². The minimum atomic E-state index is -3.35. The number of benzene rings is 2. The van der Waals surface area contributed by atoms with Gasteiger partial charge in [-0.1, -0.05) is 26.0 Å². The average molecular weight is 447 g/mol. The van der Waals surface area contributed by atoms with Crippen LogP contribution in [0.25, 0.3) is 10.9 Å². The average Bonchev–Trinajstić information content (AvgIpc) is 3.17. The van der Waals surface area contributed by atoms with Crippen molar-refractivity contribution in [1.29, 1.82) is 0 Å². The number of hydrogen-bond acceptors (Lipinski definition) is 6. The number of fused-ring (bicyclic) bond motifs is 1. The molecular formula is C22H30N4O4S. The number of H-pyrrole nitrogens is 1. The van der Waals surface area contributed by atoms with Gasteiger partial charge < -0.3 is 15.2 Å². The summed E-state index contributed by atoms with van der Waals surface area (Å²) in [5, 5.41) is 22.1. The lowest BCUT2D eigenvalue weighted by Gasteiger charge is -2.14. The molecule has 0 radical (unpaired) electrons. The summed E-state index contributed by atoms with van der Waals surface area (Å²) >= 11 is 0. The van der Waals surface area contributed by atoms with E-state index in [1.54, 1.807) is 31.2 Å². The van der Waals surface area contributed by atoms with Crippen molar-refractivity contribution >= 4 is 26.6 Å². The molecule has 3 aromatic rings. The van der Waals surface area contributed by atoms with E-state index in [1.165, 1.54) is 0 Å². The number of hydrogen-bond donors (Lipinski definition) is 4. The number of aromatic nitrogens is 2. The van der Waals surface area contributed by atoms with Crippen LogP contribution in [0.3, 0.4) is 0 Å². The molecule has 0 bridgehead atoms. The molecular weight excluding hydrogens is 416 g/mol. The molecule has 1 unspecified atom stereocenters. The molecule has 0 aliphatic heterocycles. The van der Waals surface area contributed by atoms with Gasteiger partial charge in [-0.2, -0.15) is 5.10 Å². The summed E-state index contributed by atoms with van der Waals surface area (Å²) < 4.78 is 31.7. The Bertz CT molecular complexity index is 1110. The summed E-state index contributed by atoms with van der Waals surface area (Å²) in [6.07, 6.45) is -0.763. The molecule has 0 saturated heterocycles. The molecule has 0 amide bonds. The zero-order valence-corrected chi connectivity index (χ0v) is 18.9. The molecule has 9 heteroatoms. The fourth-order valence-corrected chi connectivity index (χ4v) is 3.83. The van der Waals surface area contributed by atoms with Crippen molar-refractivity contribution in [1.82, 2.24) is 15.5 Å². The second-order valence-corrected chi connectivity index (χ2v) is 9.68. The zero-order chi connectivity index (χ0) is 22.4. The van der Waals surface area contributed by atoms with Crippen LogP contribution in [0, 0.1) is 0 Å². The summed E-state index contributed by atoms with van der Waals surface area (Å²) in [7, 11) is -3.35. The van der Waals surface area contributed by atoms with Gasteiger partial charge >= 0.3 is 0 Å². The van der Waals surface area contributed by atoms with Crippen LogP contribution in [0.5, 0.6) is 5.75 Å². The molecule has 0 spiro atoms. The number of nitrogens with zero attached hydrogens (tertiary/aromatic N) is 1. The Hall–Kier alpha value is -2.62. The first-order valence-corrected chi connectivity index (χ1v) is 12.0. The summed E-state index contributed by atoms with van der Waals surface area (Å²) in [5.41, 5.74) is 3.07. The number of aliphatic hydroxyl groups excluding tert-OH is 1. The minimum absolute atomic E-state index is 0.00664. The number of nitrogens with one attached hydrogen (secondary N) is 3. The van der Waals surface area contributed by atoms with Gasteiger partial charge in [0.05, 0.1) is 17.4 Å². The third-order valence-corrected chi connectivity index (χ3v) is 6.25. The first-order valence-electron chi connectivity index (χ1n) is 10.4. The van der Waals surface area contributed by atoms with Crippen molar-refractivity contribution in [2.45, 2.75) is 32.8 Å². The standard InChI is InChI=1S/C22H30N4O4S/c1-4-31(28,29)26-17-7-5-6-16(12-17)21(27)14-23-10-11-30-18-8-9-19-20(13-18)24-25-22(19)15(2)3/h5-9,12-13,15,21,23,26-27H,4,10-11,14H2,1-3H3,(H,24,25). The van der Waals surface area contributed by atoms with Gasteiger partial charge in [0.25, 0.3) is 0 Å². The fraction of sp³-hybridized carbons (Fsp3) is 0.409. The van der Waals surface area contributed by atoms with E-state index in [9.17, 15) is 13.5 Å². The SMILES string of the molecule is CCS(=O)(=O)Nc1cccc(C(O)CNCCOc2ccc3c(C(C)C)[nH]nc3c2)c1. The highest BCUT2D eigenvalue weighted by atomic mass is 32.2. The Labute approximate surface area is 183 Å². The number of sulfonamides is 1. The molecule has 0 aliphatic carbocycles. The second kappa shape index (κ2) is 10.1. The minimum Gasteiger partial charge on any atom is -0.492 e. The van der Waals surface area contributed by atoms with E-state index in [0.29, 0.717) is 36.9 Å². The van der Waals surface area contributed by atoms with Crippen LogP contribution in [0.2, 0.25) is 0 Å². The Morgan fingerprint density at radius 1 is 1.19 bits per heavy atom. The van der Waals surface area contributed by atoms with Crippen molar-refractivity contribution in [3.63, 3.8) is 0 Å². The maximum atomic E-state index is 11.7. The van der Waals surface area contributed by atoms with Crippen molar-refractivity contribution < 1.29 is 18.3 Å². The highest BCUT2D eigenvalue weighted by Crippen LogP contribution is 2.26. The van der Waals surface area contributed by atoms with Crippen LogP contribution in [0.4, 0.5) is 5.69 Å². The van der Waals surface area contributed by atoms with Gasteiger partial charge in [-0.25, -0.2) is 8.42 Å². The van der Waals surface area contributed by atoms with Crippen molar-refractivity contribution in [3.05, 3.63) is 53.7 Å². The monoisotopic (exact) mass is 446 g/mol. The van der Waals surface area contributed by atoms with Crippen LogP contribution < -0.4 is 14.8 Å². The number of aromatic amines is 1. The predicted molar refractivity (Wildman–Crippen MR) is 123 cm³/mol. The van der Waals surface area contributed by atoms with Crippen LogP contribution in [-0.4, -0.2) is 49.2 Å². The molecule has 1 heterocycles. The van der Waals surface area contributed by atoms with Gasteiger partial charge in [0, 0.05) is 35.9 Å². The van der Waals surface area contributed by atoms with Crippen LogP contribution in [-0.2, 0) is 10.0 Å². The van der Waals surface area contributed by atoms with E-state index in [4.69, 9.17) is 4.74 Å². The molecule has 4 N–H and O–H groups in total. The lowest BCUT2D eigenvalue weighted by molar-refractivity contribution is 0.172. The van der Waals surface area contributed by atoms with Crippen LogP contribution >= 0.6 is 0 Å². The molecule has 2 aromatic carbocycles. The van der Waals surface area contributed by atoms with Crippen LogP contribution in [0.15, 0.2) is 42.5 Å². The molecule has 1 aromatic heterocycles. The first kappa shape index (κ1) is 23.1. The normalized spacial score (nSPS) is 12.9. The molecule has 168 valence electrons. The van der Waals surface area contributed by atoms with Gasteiger partial charge in [-0.15, -0.1) is 0 Å². The smallest absolute Gasteiger partial charge is 0.232 e. The third kappa shape index (κ3) is 6.19. The number of rotatable bonds is 11. The molecule has 0 fully saturated rings. The van der Waals surface area contributed by atoms with Gasteiger partial charge in [0.15, 0.2) is 0 Å². The molecule has 3 rings (SSSR count). The predicted octanol–water partition coefficient (Wildman–Crippen LogP) is 3.15. The number of ether oxygens (including phenoxy) is 1. The Morgan fingerprint density at radius 3 is 2.74 bits per heavy atom. The van der Waals surface area contributed by atoms with E-state index in [0.717, 1.165) is 22.3 Å². The zero-order valence-electron chi connectivity index (χ0n) is 18.1. The molecule has 0 saturated carbocycles. The van der Waals surface area contributed by atoms with E-state index in [2.05, 4.69) is 34.1 Å². The maximum Gasteiger partial charge on any atom is 0.232 e. The van der Waals surface area contributed by atoms with Crippen molar-refractivity contribution in [3.8, 4) is 5.75 Å². The highest BCUT2D eigenvalue weighted by Gasteiger charge is 2.12. The summed E-state index contributed by atoms with van der Waals surface area (Å²) in [5.74, 6) is 1.11. The lowest BCUT2D eigenvalue weighted by Crippen LogP contribution is -2.26. The Morgan fingerprint density at radius 2 is 2.00 bits per heavy atom. The van der Waals surface area contributed by atoms with E-state index < -0.39 is 16.1 Å². The highest BCUT2D eigenvalue weighted by molar-refractivity contribution is 7.92. The fourth-order valence-electron chi connectivity index (χ4n) is 3.20. The second-order valence-electron chi connectivity index (χ2n) is 7.67. The lowest BCUT2D eigenvalue weighted by atomic mass is 10.1. The third-order valence-electron chi connectivity index (χ3n) is 4.94. The maximum absolute atomic E-state index is 11.7. The van der Waals surface area contributed by atoms with Crippen molar-refractivity contribution in [2.24, 2.45) is 0 Å². The molecule has 0 aliphatic rings. The Balaban J connectivity index is 1.46. The summed E-state index contributed by atoms with van der Waals surface area (Å²) in [4.78, 5) is 0. The van der Waals surface area contributed by atoms with Gasteiger partial charge in [0.1, 0.15) is 12.4 Å². The van der Waals surface area contributed by atoms with Gasteiger partial charge in [-0.05, 0) is 42.7 Å². The Kier molecular flexibility index (Phi) is 7.53. The first-order chi connectivity index (χ1) is 14.8. The number of anilines is 1. The topological polar surface area (TPSA) is 116 Å². The van der Waals surface area contributed by atoms with Gasteiger partial charge in [-0.3, -0.25) is 9.82 Å². The molecule has 1 atom stereocenters.